The number of hydrogen-bond acceptors (Lipinski definition) is 3. The summed E-state index contributed by atoms with van der Waals surface area (Å²) in [5.74, 6) is -1.55. The lowest BCUT2D eigenvalue weighted by Gasteiger charge is -2.12. The molecule has 3 N–H and O–H groups in total. The molecule has 0 heterocycles. The third-order valence-electron chi connectivity index (χ3n) is 2.46. The van der Waals surface area contributed by atoms with Crippen molar-refractivity contribution in [1.82, 2.24) is 0 Å². The van der Waals surface area contributed by atoms with Gasteiger partial charge in [-0.05, 0) is 40.2 Å². The topological polar surface area (TPSA) is 61.8 Å². The lowest BCUT2D eigenvalue weighted by atomic mass is 10.2. The second kappa shape index (κ2) is 5.24. The van der Waals surface area contributed by atoms with Crippen LogP contribution in [0.3, 0.4) is 0 Å². The minimum absolute atomic E-state index is 0.128. The summed E-state index contributed by atoms with van der Waals surface area (Å²) in [7, 11) is 0. The van der Waals surface area contributed by atoms with Gasteiger partial charge in [-0.15, -0.1) is 0 Å². The molecule has 0 fully saturated rings. The molecule has 2 aromatic carbocycles. The van der Waals surface area contributed by atoms with Crippen molar-refractivity contribution >= 4 is 33.0 Å². The Hall–Kier alpha value is -2.13. The zero-order chi connectivity index (χ0) is 14.0. The van der Waals surface area contributed by atoms with Crippen LogP contribution in [0.15, 0.2) is 34.8 Å². The monoisotopic (exact) mass is 323 g/mol. The first kappa shape index (κ1) is 13.3. The van der Waals surface area contributed by atoms with Crippen molar-refractivity contribution < 1.29 is 8.78 Å². The highest BCUT2D eigenvalue weighted by molar-refractivity contribution is 9.10. The van der Waals surface area contributed by atoms with Gasteiger partial charge in [0.25, 0.3) is 0 Å². The fraction of sp³-hybridized carbons (Fsp3) is 0. The zero-order valence-electron chi connectivity index (χ0n) is 9.55. The molecule has 0 atom stereocenters. The van der Waals surface area contributed by atoms with Crippen LogP contribution in [0.5, 0.6) is 0 Å². The second-order valence-electron chi connectivity index (χ2n) is 3.78. The van der Waals surface area contributed by atoms with Crippen LogP contribution >= 0.6 is 15.9 Å². The summed E-state index contributed by atoms with van der Waals surface area (Å²) in [4.78, 5) is 0. The summed E-state index contributed by atoms with van der Waals surface area (Å²) >= 11 is 3.27. The molecule has 0 aliphatic rings. The number of nitrogens with one attached hydrogen (secondary N) is 1. The van der Waals surface area contributed by atoms with Crippen LogP contribution in [-0.4, -0.2) is 0 Å². The van der Waals surface area contributed by atoms with Gasteiger partial charge in [-0.3, -0.25) is 0 Å². The smallest absolute Gasteiger partial charge is 0.151 e. The van der Waals surface area contributed by atoms with Gasteiger partial charge < -0.3 is 11.1 Å². The molecule has 2 aromatic rings. The molecule has 0 aliphatic heterocycles. The van der Waals surface area contributed by atoms with E-state index in [0.717, 1.165) is 6.07 Å². The van der Waals surface area contributed by atoms with Crippen molar-refractivity contribution in [3.8, 4) is 6.07 Å². The SMILES string of the molecule is N#Cc1ccc(Nc2cc(F)cc(F)c2N)c(Br)c1. The van der Waals surface area contributed by atoms with Crippen molar-refractivity contribution in [3.63, 3.8) is 0 Å². The van der Waals surface area contributed by atoms with E-state index in [9.17, 15) is 8.78 Å². The summed E-state index contributed by atoms with van der Waals surface area (Å²) in [6.07, 6.45) is 0. The van der Waals surface area contributed by atoms with E-state index in [1.54, 1.807) is 18.2 Å². The molecule has 0 saturated heterocycles. The first-order valence-electron chi connectivity index (χ1n) is 5.22. The van der Waals surface area contributed by atoms with Gasteiger partial charge >= 0.3 is 0 Å². The van der Waals surface area contributed by atoms with Gasteiger partial charge in [0, 0.05) is 10.5 Å². The number of benzene rings is 2. The number of nitriles is 1. The molecule has 3 nitrogen and oxygen atoms in total. The average molecular weight is 324 g/mol. The van der Waals surface area contributed by atoms with Crippen molar-refractivity contribution in [2.24, 2.45) is 0 Å². The third kappa shape index (κ3) is 2.83. The van der Waals surface area contributed by atoms with Crippen LogP contribution in [0.1, 0.15) is 5.56 Å². The molecule has 2 rings (SSSR count). The number of anilines is 3. The summed E-state index contributed by atoms with van der Waals surface area (Å²) in [5, 5.41) is 11.6. The summed E-state index contributed by atoms with van der Waals surface area (Å²) in [6.45, 7) is 0. The fourth-order valence-corrected chi connectivity index (χ4v) is 2.00. The Morgan fingerprint density at radius 3 is 2.53 bits per heavy atom. The Bertz CT molecular complexity index is 680. The number of nitrogen functional groups attached to an aromatic ring is 1. The summed E-state index contributed by atoms with van der Waals surface area (Å²) in [6, 6.07) is 8.59. The highest BCUT2D eigenvalue weighted by atomic mass is 79.9. The van der Waals surface area contributed by atoms with Gasteiger partial charge in [0.05, 0.1) is 28.7 Å². The minimum Gasteiger partial charge on any atom is -0.395 e. The Morgan fingerprint density at radius 2 is 1.89 bits per heavy atom. The van der Waals surface area contributed by atoms with E-state index >= 15 is 0 Å². The van der Waals surface area contributed by atoms with Gasteiger partial charge in [-0.25, -0.2) is 8.78 Å². The standard InChI is InChI=1S/C13H8BrF2N3/c14-9-3-7(6-17)1-2-11(9)19-12-5-8(15)4-10(16)13(12)18/h1-5,19H,18H2. The molecule has 0 saturated carbocycles. The molecule has 19 heavy (non-hydrogen) atoms. The van der Waals surface area contributed by atoms with Crippen LogP contribution in [0, 0.1) is 23.0 Å². The molecule has 0 bridgehead atoms. The molecular formula is C13H8BrF2N3. The van der Waals surface area contributed by atoms with Gasteiger partial charge in [0.1, 0.15) is 5.82 Å². The number of rotatable bonds is 2. The van der Waals surface area contributed by atoms with E-state index in [4.69, 9.17) is 11.0 Å². The molecular weight excluding hydrogens is 316 g/mol. The lowest BCUT2D eigenvalue weighted by Crippen LogP contribution is -2.00. The molecule has 96 valence electrons. The van der Waals surface area contributed by atoms with Crippen LogP contribution in [0.4, 0.5) is 25.8 Å². The summed E-state index contributed by atoms with van der Waals surface area (Å²) < 4.78 is 27.0. The summed E-state index contributed by atoms with van der Waals surface area (Å²) in [5.41, 5.74) is 6.51. The highest BCUT2D eigenvalue weighted by Gasteiger charge is 2.10. The number of nitrogens with two attached hydrogens (primary N) is 1. The van der Waals surface area contributed by atoms with Crippen LogP contribution in [0.25, 0.3) is 0 Å². The molecule has 6 heteroatoms. The maximum absolute atomic E-state index is 13.3. The van der Waals surface area contributed by atoms with Gasteiger partial charge in [0.15, 0.2) is 5.82 Å². The Balaban J connectivity index is 2.39. The maximum Gasteiger partial charge on any atom is 0.151 e. The van der Waals surface area contributed by atoms with E-state index in [1.165, 1.54) is 0 Å². The number of nitrogens with zero attached hydrogens (tertiary/aromatic N) is 1. The van der Waals surface area contributed by atoms with Gasteiger partial charge in [0.2, 0.25) is 0 Å². The van der Waals surface area contributed by atoms with E-state index in [1.807, 2.05) is 6.07 Å². The molecule has 0 aromatic heterocycles. The second-order valence-corrected chi connectivity index (χ2v) is 4.63. The fourth-order valence-electron chi connectivity index (χ4n) is 1.52. The molecule has 0 aliphatic carbocycles. The van der Waals surface area contributed by atoms with Gasteiger partial charge in [-0.1, -0.05) is 0 Å². The van der Waals surface area contributed by atoms with Crippen molar-refractivity contribution in [1.29, 1.82) is 5.26 Å². The number of halogens is 3. The minimum atomic E-state index is -0.827. The zero-order valence-corrected chi connectivity index (χ0v) is 11.1. The van der Waals surface area contributed by atoms with Crippen LogP contribution in [0.2, 0.25) is 0 Å². The Morgan fingerprint density at radius 1 is 1.16 bits per heavy atom. The molecule has 0 unspecified atom stereocenters. The predicted molar refractivity (Wildman–Crippen MR) is 72.9 cm³/mol. The molecule has 0 amide bonds. The lowest BCUT2D eigenvalue weighted by molar-refractivity contribution is 0.587. The largest absolute Gasteiger partial charge is 0.395 e. The van der Waals surface area contributed by atoms with E-state index in [0.29, 0.717) is 21.8 Å². The van der Waals surface area contributed by atoms with Crippen molar-refractivity contribution in [3.05, 3.63) is 52.0 Å². The first-order valence-corrected chi connectivity index (χ1v) is 6.01. The van der Waals surface area contributed by atoms with Crippen LogP contribution in [-0.2, 0) is 0 Å². The maximum atomic E-state index is 13.3. The van der Waals surface area contributed by atoms with Gasteiger partial charge in [-0.2, -0.15) is 5.26 Å². The third-order valence-corrected chi connectivity index (χ3v) is 3.12. The van der Waals surface area contributed by atoms with Crippen LogP contribution < -0.4 is 11.1 Å². The molecule has 0 radical (unpaired) electrons. The predicted octanol–water partition coefficient (Wildman–Crippen LogP) is 3.92. The van der Waals surface area contributed by atoms with E-state index < -0.39 is 11.6 Å². The highest BCUT2D eigenvalue weighted by Crippen LogP contribution is 2.31. The normalized spacial score (nSPS) is 10.0. The Labute approximate surface area is 116 Å². The number of hydrogen-bond donors (Lipinski definition) is 2. The van der Waals surface area contributed by atoms with E-state index in [2.05, 4.69) is 21.2 Å². The van der Waals surface area contributed by atoms with E-state index in [-0.39, 0.29) is 11.4 Å². The van der Waals surface area contributed by atoms with Crippen molar-refractivity contribution in [2.75, 3.05) is 11.1 Å². The van der Waals surface area contributed by atoms with Crippen molar-refractivity contribution in [2.45, 2.75) is 0 Å². The first-order chi connectivity index (χ1) is 9.01. The quantitative estimate of drug-likeness (QED) is 0.823. The Kier molecular flexibility index (Phi) is 3.67. The molecule has 0 spiro atoms. The average Bonchev–Trinajstić information content (AvgIpc) is 2.37.